The summed E-state index contributed by atoms with van der Waals surface area (Å²) in [5.74, 6) is -0.843. The van der Waals surface area contributed by atoms with Crippen LogP contribution in [0.4, 0.5) is 0 Å². The van der Waals surface area contributed by atoms with Crippen LogP contribution < -0.4 is 0 Å². The number of halogens is 1. The summed E-state index contributed by atoms with van der Waals surface area (Å²) in [4.78, 5) is 10.9. The number of hydrogen-bond acceptors (Lipinski definition) is 1. The minimum atomic E-state index is -0.789. The van der Waals surface area contributed by atoms with E-state index in [9.17, 15) is 4.79 Å². The average molecular weight is 271 g/mol. The van der Waals surface area contributed by atoms with Gasteiger partial charge in [0.1, 0.15) is 0 Å². The molecule has 0 spiro atoms. The summed E-state index contributed by atoms with van der Waals surface area (Å²) >= 11 is 3.41. The van der Waals surface area contributed by atoms with Crippen LogP contribution >= 0.6 is 15.9 Å². The molecular weight excluding hydrogens is 256 g/mol. The van der Waals surface area contributed by atoms with Crippen molar-refractivity contribution in [3.05, 3.63) is 33.8 Å². The molecule has 0 aliphatic heterocycles. The highest BCUT2D eigenvalue weighted by Gasteiger charge is 2.15. The van der Waals surface area contributed by atoms with Crippen molar-refractivity contribution in [2.45, 2.75) is 32.6 Å². The van der Waals surface area contributed by atoms with Gasteiger partial charge in [-0.05, 0) is 36.1 Å². The molecule has 0 aliphatic rings. The van der Waals surface area contributed by atoms with E-state index in [0.29, 0.717) is 5.92 Å². The van der Waals surface area contributed by atoms with Crippen LogP contribution in [0.3, 0.4) is 0 Å². The lowest BCUT2D eigenvalue weighted by Crippen LogP contribution is -2.08. The Labute approximate surface area is 98.4 Å². The molecule has 0 bridgehead atoms. The predicted molar refractivity (Wildman–Crippen MR) is 64.3 cm³/mol. The van der Waals surface area contributed by atoms with E-state index in [1.54, 1.807) is 6.92 Å². The van der Waals surface area contributed by atoms with Crippen molar-refractivity contribution in [3.8, 4) is 0 Å². The van der Waals surface area contributed by atoms with Crippen LogP contribution in [0.2, 0.25) is 0 Å². The lowest BCUT2D eigenvalue weighted by molar-refractivity contribution is -0.138. The van der Waals surface area contributed by atoms with Crippen LogP contribution in [-0.4, -0.2) is 11.1 Å². The molecule has 0 amide bonds. The van der Waals surface area contributed by atoms with Crippen molar-refractivity contribution in [2.75, 3.05) is 0 Å². The van der Waals surface area contributed by atoms with Gasteiger partial charge in [0.25, 0.3) is 0 Å². The average Bonchev–Trinajstić information content (AvgIpc) is 2.15. The molecule has 2 nitrogen and oxygen atoms in total. The molecule has 15 heavy (non-hydrogen) atoms. The van der Waals surface area contributed by atoms with Gasteiger partial charge in [-0.15, -0.1) is 0 Å². The zero-order valence-corrected chi connectivity index (χ0v) is 10.7. The Kier molecular flexibility index (Phi) is 3.91. The molecule has 0 fully saturated rings. The van der Waals surface area contributed by atoms with E-state index < -0.39 is 11.9 Å². The fraction of sp³-hybridized carbons (Fsp3) is 0.417. The summed E-state index contributed by atoms with van der Waals surface area (Å²) in [7, 11) is 0. The fourth-order valence-electron chi connectivity index (χ4n) is 1.36. The van der Waals surface area contributed by atoms with Gasteiger partial charge in [0.15, 0.2) is 0 Å². The van der Waals surface area contributed by atoms with Crippen molar-refractivity contribution < 1.29 is 9.90 Å². The number of hydrogen-bond donors (Lipinski definition) is 1. The second kappa shape index (κ2) is 4.79. The number of rotatable bonds is 3. The van der Waals surface area contributed by atoms with Crippen LogP contribution in [0.25, 0.3) is 0 Å². The van der Waals surface area contributed by atoms with Crippen molar-refractivity contribution in [3.63, 3.8) is 0 Å². The first-order valence-electron chi connectivity index (χ1n) is 4.95. The van der Waals surface area contributed by atoms with Crippen LogP contribution in [0.15, 0.2) is 22.7 Å². The number of carboxylic acids is 1. The number of aliphatic carboxylic acids is 1. The standard InChI is InChI=1S/C12H15BrO2/c1-7(2)9-4-10(6-11(13)5-9)8(3)12(14)15/h4-8H,1-3H3,(H,14,15). The van der Waals surface area contributed by atoms with Crippen LogP contribution in [-0.2, 0) is 4.79 Å². The van der Waals surface area contributed by atoms with Crippen LogP contribution in [0.5, 0.6) is 0 Å². The van der Waals surface area contributed by atoms with E-state index in [-0.39, 0.29) is 0 Å². The smallest absolute Gasteiger partial charge is 0.310 e. The molecule has 0 aromatic heterocycles. The van der Waals surface area contributed by atoms with E-state index in [1.807, 2.05) is 18.2 Å². The monoisotopic (exact) mass is 270 g/mol. The Balaban J connectivity index is 3.14. The number of benzene rings is 1. The van der Waals surface area contributed by atoms with Gasteiger partial charge in [-0.2, -0.15) is 0 Å². The summed E-state index contributed by atoms with van der Waals surface area (Å²) in [5, 5.41) is 8.94. The third-order valence-corrected chi connectivity index (χ3v) is 2.94. The van der Waals surface area contributed by atoms with Gasteiger partial charge in [-0.25, -0.2) is 0 Å². The SMILES string of the molecule is CC(C)c1cc(Br)cc(C(C)C(=O)O)c1. The van der Waals surface area contributed by atoms with Crippen molar-refractivity contribution >= 4 is 21.9 Å². The summed E-state index contributed by atoms with van der Waals surface area (Å²) in [6.45, 7) is 5.89. The quantitative estimate of drug-likeness (QED) is 0.908. The van der Waals surface area contributed by atoms with Crippen molar-refractivity contribution in [1.29, 1.82) is 0 Å². The van der Waals surface area contributed by atoms with Gasteiger partial charge in [0.2, 0.25) is 0 Å². The fourth-order valence-corrected chi connectivity index (χ4v) is 1.89. The van der Waals surface area contributed by atoms with Gasteiger partial charge in [0.05, 0.1) is 5.92 Å². The zero-order chi connectivity index (χ0) is 11.6. The normalized spacial score (nSPS) is 12.9. The van der Waals surface area contributed by atoms with E-state index in [1.165, 1.54) is 0 Å². The largest absolute Gasteiger partial charge is 0.481 e. The summed E-state index contributed by atoms with van der Waals surface area (Å²) in [5.41, 5.74) is 2.01. The van der Waals surface area contributed by atoms with Crippen LogP contribution in [0, 0.1) is 0 Å². The van der Waals surface area contributed by atoms with Gasteiger partial charge < -0.3 is 5.11 Å². The molecule has 0 radical (unpaired) electrons. The molecule has 1 unspecified atom stereocenters. The third-order valence-electron chi connectivity index (χ3n) is 2.48. The van der Waals surface area contributed by atoms with E-state index >= 15 is 0 Å². The minimum absolute atomic E-state index is 0.405. The summed E-state index contributed by atoms with van der Waals surface area (Å²) < 4.78 is 0.941. The van der Waals surface area contributed by atoms with Gasteiger partial charge in [-0.1, -0.05) is 35.8 Å². The maximum atomic E-state index is 10.9. The van der Waals surface area contributed by atoms with Crippen LogP contribution in [0.1, 0.15) is 43.7 Å². The van der Waals surface area contributed by atoms with Gasteiger partial charge in [0, 0.05) is 4.47 Å². The first-order chi connectivity index (χ1) is 6.91. The highest BCUT2D eigenvalue weighted by atomic mass is 79.9. The van der Waals surface area contributed by atoms with E-state index in [4.69, 9.17) is 5.11 Å². The lowest BCUT2D eigenvalue weighted by Gasteiger charge is -2.12. The maximum Gasteiger partial charge on any atom is 0.310 e. The first kappa shape index (κ1) is 12.2. The van der Waals surface area contributed by atoms with Gasteiger partial charge in [-0.3, -0.25) is 4.79 Å². The highest BCUT2D eigenvalue weighted by Crippen LogP contribution is 2.26. The maximum absolute atomic E-state index is 10.9. The Morgan fingerprint density at radius 3 is 2.20 bits per heavy atom. The lowest BCUT2D eigenvalue weighted by atomic mass is 9.95. The zero-order valence-electron chi connectivity index (χ0n) is 9.12. The Morgan fingerprint density at radius 1 is 1.20 bits per heavy atom. The molecule has 3 heteroatoms. The molecule has 0 saturated heterocycles. The Hall–Kier alpha value is -0.830. The first-order valence-corrected chi connectivity index (χ1v) is 5.74. The number of carbonyl (C=O) groups is 1. The minimum Gasteiger partial charge on any atom is -0.481 e. The predicted octanol–water partition coefficient (Wildman–Crippen LogP) is 3.76. The molecule has 1 aromatic rings. The molecule has 0 saturated carbocycles. The second-order valence-corrected chi connectivity index (χ2v) is 4.95. The number of carboxylic acid groups (broad SMARTS) is 1. The van der Waals surface area contributed by atoms with E-state index in [2.05, 4.69) is 29.8 Å². The summed E-state index contributed by atoms with van der Waals surface area (Å²) in [6, 6.07) is 5.86. The molecule has 1 N–H and O–H groups in total. The highest BCUT2D eigenvalue weighted by molar-refractivity contribution is 9.10. The third kappa shape index (κ3) is 3.06. The van der Waals surface area contributed by atoms with Crippen molar-refractivity contribution in [1.82, 2.24) is 0 Å². The van der Waals surface area contributed by atoms with Crippen molar-refractivity contribution in [2.24, 2.45) is 0 Å². The molecular formula is C12H15BrO2. The molecule has 82 valence electrons. The molecule has 0 heterocycles. The van der Waals surface area contributed by atoms with E-state index in [0.717, 1.165) is 15.6 Å². The summed E-state index contributed by atoms with van der Waals surface area (Å²) in [6.07, 6.45) is 0. The topological polar surface area (TPSA) is 37.3 Å². The molecule has 1 aromatic carbocycles. The molecule has 0 aliphatic carbocycles. The second-order valence-electron chi connectivity index (χ2n) is 4.03. The Bertz CT molecular complexity index is 372. The molecule has 1 atom stereocenters. The molecule has 1 rings (SSSR count). The van der Waals surface area contributed by atoms with Gasteiger partial charge >= 0.3 is 5.97 Å². The Morgan fingerprint density at radius 2 is 1.73 bits per heavy atom.